The van der Waals surface area contributed by atoms with Gasteiger partial charge in [0.2, 0.25) is 0 Å². The highest BCUT2D eigenvalue weighted by molar-refractivity contribution is 7.98. The summed E-state index contributed by atoms with van der Waals surface area (Å²) in [4.78, 5) is 12.9. The van der Waals surface area contributed by atoms with Crippen LogP contribution in [-0.2, 0) is 6.42 Å². The topological polar surface area (TPSA) is 49.3 Å². The number of carbonyl (C=O) groups excluding carboxylic acids is 1. The minimum atomic E-state index is -0.745. The van der Waals surface area contributed by atoms with Crippen molar-refractivity contribution in [3.8, 4) is 0 Å². The predicted molar refractivity (Wildman–Crippen MR) is 91.3 cm³/mol. The van der Waals surface area contributed by atoms with Crippen molar-refractivity contribution in [1.29, 1.82) is 0 Å². The van der Waals surface area contributed by atoms with Crippen LogP contribution in [0.15, 0.2) is 53.4 Å². The Hall–Kier alpha value is -1.85. The molecule has 2 atom stereocenters. The summed E-state index contributed by atoms with van der Waals surface area (Å²) in [5.74, 6) is -1.06. The maximum absolute atomic E-state index is 13.9. The van der Waals surface area contributed by atoms with Crippen LogP contribution in [0.2, 0.25) is 0 Å². The number of aliphatic hydroxyl groups excluding tert-OH is 1. The van der Waals surface area contributed by atoms with Gasteiger partial charge in [-0.1, -0.05) is 36.4 Å². The number of amides is 1. The summed E-state index contributed by atoms with van der Waals surface area (Å²) in [6.45, 7) is 1.71. The molecule has 0 radical (unpaired) electrons. The molecule has 0 heterocycles. The molecule has 0 aliphatic carbocycles. The zero-order chi connectivity index (χ0) is 16.8. The highest BCUT2D eigenvalue weighted by Gasteiger charge is 2.21. The van der Waals surface area contributed by atoms with Crippen molar-refractivity contribution < 1.29 is 14.3 Å². The smallest absolute Gasteiger partial charge is 0.255 e. The van der Waals surface area contributed by atoms with Gasteiger partial charge in [0.15, 0.2) is 0 Å². The molecule has 2 N–H and O–H groups in total. The SMILES string of the molecule is CSc1cccc(F)c1C(=O)NC(C)C(O)Cc1ccccc1. The van der Waals surface area contributed by atoms with Gasteiger partial charge in [-0.05, 0) is 30.9 Å². The molecule has 0 bridgehead atoms. The van der Waals surface area contributed by atoms with E-state index in [0.717, 1.165) is 5.56 Å². The van der Waals surface area contributed by atoms with E-state index in [1.807, 2.05) is 30.3 Å². The highest BCUT2D eigenvalue weighted by atomic mass is 32.2. The zero-order valence-corrected chi connectivity index (χ0v) is 13.9. The van der Waals surface area contributed by atoms with Crippen LogP contribution in [0.5, 0.6) is 0 Å². The third-order valence-corrected chi connectivity index (χ3v) is 4.43. The third kappa shape index (κ3) is 4.56. The van der Waals surface area contributed by atoms with E-state index in [-0.39, 0.29) is 5.56 Å². The molecule has 2 aromatic rings. The minimum Gasteiger partial charge on any atom is -0.391 e. The molecular formula is C18H20FNO2S. The molecule has 2 rings (SSSR count). The van der Waals surface area contributed by atoms with Gasteiger partial charge in [0, 0.05) is 11.3 Å². The molecule has 0 saturated heterocycles. The van der Waals surface area contributed by atoms with Crippen molar-refractivity contribution in [2.24, 2.45) is 0 Å². The maximum atomic E-state index is 13.9. The van der Waals surface area contributed by atoms with E-state index in [0.29, 0.717) is 11.3 Å². The van der Waals surface area contributed by atoms with E-state index >= 15 is 0 Å². The maximum Gasteiger partial charge on any atom is 0.255 e. The number of carbonyl (C=O) groups is 1. The minimum absolute atomic E-state index is 0.0266. The van der Waals surface area contributed by atoms with Crippen LogP contribution in [0.4, 0.5) is 4.39 Å². The van der Waals surface area contributed by atoms with E-state index < -0.39 is 23.9 Å². The molecule has 1 amide bonds. The van der Waals surface area contributed by atoms with Crippen molar-refractivity contribution in [1.82, 2.24) is 5.32 Å². The van der Waals surface area contributed by atoms with Gasteiger partial charge in [0.25, 0.3) is 5.91 Å². The largest absolute Gasteiger partial charge is 0.391 e. The number of hydrogen-bond acceptors (Lipinski definition) is 3. The fourth-order valence-corrected chi connectivity index (χ4v) is 2.91. The second-order valence-electron chi connectivity index (χ2n) is 5.34. The summed E-state index contributed by atoms with van der Waals surface area (Å²) in [6.07, 6.45) is 1.47. The average molecular weight is 333 g/mol. The number of rotatable bonds is 6. The van der Waals surface area contributed by atoms with Crippen LogP contribution < -0.4 is 5.32 Å². The van der Waals surface area contributed by atoms with Crippen LogP contribution in [0, 0.1) is 5.82 Å². The van der Waals surface area contributed by atoms with Crippen molar-refractivity contribution in [3.63, 3.8) is 0 Å². The van der Waals surface area contributed by atoms with Gasteiger partial charge in [0.1, 0.15) is 5.82 Å². The van der Waals surface area contributed by atoms with Gasteiger partial charge >= 0.3 is 0 Å². The summed E-state index contributed by atoms with van der Waals surface area (Å²) in [5, 5.41) is 12.9. The molecular weight excluding hydrogens is 313 g/mol. The fourth-order valence-electron chi connectivity index (χ4n) is 2.30. The zero-order valence-electron chi connectivity index (χ0n) is 13.1. The van der Waals surface area contributed by atoms with E-state index in [1.54, 1.807) is 25.3 Å². The standard InChI is InChI=1S/C18H20FNO2S/c1-12(15(21)11-13-7-4-3-5-8-13)20-18(22)17-14(19)9-6-10-16(17)23-2/h3-10,12,15,21H,11H2,1-2H3,(H,20,22). The Balaban J connectivity index is 2.05. The molecule has 5 heteroatoms. The number of halogens is 1. The van der Waals surface area contributed by atoms with Gasteiger partial charge in [0.05, 0.1) is 17.7 Å². The Bertz CT molecular complexity index is 663. The van der Waals surface area contributed by atoms with E-state index in [4.69, 9.17) is 0 Å². The number of thioether (sulfide) groups is 1. The molecule has 3 nitrogen and oxygen atoms in total. The summed E-state index contributed by atoms with van der Waals surface area (Å²) in [5.41, 5.74) is 1.01. The first-order chi connectivity index (χ1) is 11.0. The molecule has 0 aromatic heterocycles. The van der Waals surface area contributed by atoms with Gasteiger partial charge in [-0.3, -0.25) is 4.79 Å². The Morgan fingerprint density at radius 1 is 1.22 bits per heavy atom. The van der Waals surface area contributed by atoms with Gasteiger partial charge in [-0.15, -0.1) is 11.8 Å². The van der Waals surface area contributed by atoms with E-state index in [1.165, 1.54) is 17.8 Å². The lowest BCUT2D eigenvalue weighted by Gasteiger charge is -2.21. The molecule has 0 saturated carbocycles. The molecule has 0 aliphatic heterocycles. The van der Waals surface area contributed by atoms with Gasteiger partial charge in [-0.2, -0.15) is 0 Å². The summed E-state index contributed by atoms with van der Waals surface area (Å²) >= 11 is 1.31. The molecule has 23 heavy (non-hydrogen) atoms. The predicted octanol–water partition coefficient (Wildman–Crippen LogP) is 3.27. The lowest BCUT2D eigenvalue weighted by Crippen LogP contribution is -2.42. The van der Waals surface area contributed by atoms with Crippen LogP contribution in [0.25, 0.3) is 0 Å². The monoisotopic (exact) mass is 333 g/mol. The summed E-state index contributed by atoms with van der Waals surface area (Å²) in [6, 6.07) is 13.6. The summed E-state index contributed by atoms with van der Waals surface area (Å²) < 4.78 is 13.9. The molecule has 2 aromatic carbocycles. The molecule has 0 aliphatic rings. The molecule has 0 spiro atoms. The van der Waals surface area contributed by atoms with Crippen molar-refractivity contribution in [2.75, 3.05) is 6.26 Å². The first kappa shape index (κ1) is 17.5. The van der Waals surface area contributed by atoms with Crippen molar-refractivity contribution in [3.05, 3.63) is 65.5 Å². The lowest BCUT2D eigenvalue weighted by atomic mass is 10.0. The average Bonchev–Trinajstić information content (AvgIpc) is 2.55. The Kier molecular flexibility index (Phi) is 6.19. The Morgan fingerprint density at radius 2 is 1.91 bits per heavy atom. The van der Waals surface area contributed by atoms with Crippen molar-refractivity contribution in [2.45, 2.75) is 30.4 Å². The van der Waals surface area contributed by atoms with Crippen LogP contribution in [-0.4, -0.2) is 29.4 Å². The fraction of sp³-hybridized carbons (Fsp3) is 0.278. The second-order valence-corrected chi connectivity index (χ2v) is 6.18. The third-order valence-electron chi connectivity index (χ3n) is 3.65. The number of nitrogens with one attached hydrogen (secondary N) is 1. The first-order valence-electron chi connectivity index (χ1n) is 7.38. The molecule has 2 unspecified atom stereocenters. The summed E-state index contributed by atoms with van der Waals surface area (Å²) in [7, 11) is 0. The van der Waals surface area contributed by atoms with Crippen LogP contribution in [0.1, 0.15) is 22.8 Å². The van der Waals surface area contributed by atoms with Crippen molar-refractivity contribution >= 4 is 17.7 Å². The quantitative estimate of drug-likeness (QED) is 0.798. The van der Waals surface area contributed by atoms with Gasteiger partial charge in [-0.25, -0.2) is 4.39 Å². The van der Waals surface area contributed by atoms with Crippen LogP contribution in [0.3, 0.4) is 0 Å². The van der Waals surface area contributed by atoms with Gasteiger partial charge < -0.3 is 10.4 Å². The van der Waals surface area contributed by atoms with Crippen LogP contribution >= 0.6 is 11.8 Å². The van der Waals surface area contributed by atoms with E-state index in [2.05, 4.69) is 5.32 Å². The number of aliphatic hydroxyl groups is 1. The second kappa shape index (κ2) is 8.13. The highest BCUT2D eigenvalue weighted by Crippen LogP contribution is 2.23. The molecule has 0 fully saturated rings. The Morgan fingerprint density at radius 3 is 2.57 bits per heavy atom. The normalized spacial score (nSPS) is 13.4. The first-order valence-corrected chi connectivity index (χ1v) is 8.60. The lowest BCUT2D eigenvalue weighted by molar-refractivity contribution is 0.0845. The Labute approximate surface area is 139 Å². The van der Waals surface area contributed by atoms with E-state index in [9.17, 15) is 14.3 Å². The number of benzene rings is 2. The number of hydrogen-bond donors (Lipinski definition) is 2. The molecule has 122 valence electrons.